The fraction of sp³-hybridized carbons (Fsp3) is 0. The van der Waals surface area contributed by atoms with E-state index in [-0.39, 0.29) is 4.90 Å². The molecule has 0 unspecified atom stereocenters. The molecule has 0 radical (unpaired) electrons. The number of hydrogen-bond donors (Lipinski definition) is 3. The molecule has 1 rings (SSSR count). The van der Waals surface area contributed by atoms with Gasteiger partial charge in [-0.1, -0.05) is 0 Å². The first kappa shape index (κ1) is 12.2. The van der Waals surface area contributed by atoms with E-state index in [4.69, 9.17) is 5.73 Å². The van der Waals surface area contributed by atoms with Crippen molar-refractivity contribution in [1.82, 2.24) is 2.94 Å². The molecule has 0 saturated carbocycles. The van der Waals surface area contributed by atoms with Crippen LogP contribution in [0.2, 0.25) is 0 Å². The highest BCUT2D eigenvalue weighted by molar-refractivity contribution is 14.1. The summed E-state index contributed by atoms with van der Waals surface area (Å²) in [5.74, 6) is 0. The molecule has 2 amide bonds. The summed E-state index contributed by atoms with van der Waals surface area (Å²) in [6, 6.07) is 4.94. The Bertz CT molecular complexity index is 457. The number of rotatable bonds is 3. The van der Waals surface area contributed by atoms with Crippen molar-refractivity contribution in [3.05, 3.63) is 24.3 Å². The lowest BCUT2D eigenvalue weighted by Gasteiger charge is -2.03. The van der Waals surface area contributed by atoms with Crippen LogP contribution < -0.4 is 14.0 Å². The number of carbonyl (C=O) groups is 1. The summed E-state index contributed by atoms with van der Waals surface area (Å²) in [7, 11) is -3.45. The molecule has 4 N–H and O–H groups in total. The maximum Gasteiger partial charge on any atom is 0.316 e. The smallest absolute Gasteiger partial charge is 0.316 e. The van der Waals surface area contributed by atoms with Crippen molar-refractivity contribution in [2.24, 2.45) is 5.73 Å². The average molecular weight is 341 g/mol. The molecule has 82 valence electrons. The van der Waals surface area contributed by atoms with E-state index in [9.17, 15) is 13.2 Å². The minimum Gasteiger partial charge on any atom is -0.351 e. The van der Waals surface area contributed by atoms with Gasteiger partial charge in [0.15, 0.2) is 0 Å². The van der Waals surface area contributed by atoms with Gasteiger partial charge in [0.1, 0.15) is 0 Å². The van der Waals surface area contributed by atoms with Gasteiger partial charge in [0.05, 0.1) is 4.90 Å². The van der Waals surface area contributed by atoms with E-state index in [1.807, 2.05) is 0 Å². The first-order valence-corrected chi connectivity index (χ1v) is 6.31. The van der Waals surface area contributed by atoms with Crippen LogP contribution in [0.5, 0.6) is 0 Å². The third-order valence-corrected chi connectivity index (χ3v) is 4.37. The number of nitrogens with one attached hydrogen (secondary N) is 2. The Morgan fingerprint density at radius 3 is 2.20 bits per heavy atom. The van der Waals surface area contributed by atoms with Crippen molar-refractivity contribution in [2.45, 2.75) is 4.90 Å². The van der Waals surface area contributed by atoms with Gasteiger partial charge in [-0.05, 0) is 24.3 Å². The van der Waals surface area contributed by atoms with Gasteiger partial charge in [0, 0.05) is 28.6 Å². The third-order valence-electron chi connectivity index (χ3n) is 1.53. The third kappa shape index (κ3) is 3.32. The van der Waals surface area contributed by atoms with Crippen molar-refractivity contribution in [3.8, 4) is 0 Å². The second-order valence-corrected chi connectivity index (χ2v) is 5.55. The summed E-state index contributed by atoms with van der Waals surface area (Å²) in [4.78, 5) is 10.6. The average Bonchev–Trinajstić information content (AvgIpc) is 2.18. The van der Waals surface area contributed by atoms with Crippen molar-refractivity contribution in [1.29, 1.82) is 0 Å². The van der Waals surface area contributed by atoms with E-state index in [2.05, 4.69) is 8.25 Å². The van der Waals surface area contributed by atoms with Crippen molar-refractivity contribution in [2.75, 3.05) is 5.32 Å². The number of sulfonamides is 1. The molecule has 0 aromatic heterocycles. The number of anilines is 1. The molecule has 8 heteroatoms. The van der Waals surface area contributed by atoms with Crippen molar-refractivity contribution >= 4 is 44.6 Å². The van der Waals surface area contributed by atoms with Crippen LogP contribution in [0.25, 0.3) is 0 Å². The molecule has 0 aliphatic rings. The van der Waals surface area contributed by atoms with E-state index in [0.717, 1.165) is 0 Å². The van der Waals surface area contributed by atoms with E-state index >= 15 is 0 Å². The van der Waals surface area contributed by atoms with Crippen molar-refractivity contribution < 1.29 is 13.2 Å². The fourth-order valence-corrected chi connectivity index (χ4v) is 2.25. The Balaban J connectivity index is 2.95. The summed E-state index contributed by atoms with van der Waals surface area (Å²) in [5.41, 5.74) is 5.33. The number of amides is 2. The van der Waals surface area contributed by atoms with Crippen LogP contribution in [-0.4, -0.2) is 14.4 Å². The van der Waals surface area contributed by atoms with Gasteiger partial charge in [-0.3, -0.25) is 0 Å². The molecule has 0 saturated heterocycles. The molecule has 0 spiro atoms. The maximum absolute atomic E-state index is 11.3. The number of hydrogen-bond acceptors (Lipinski definition) is 3. The fourth-order valence-electron chi connectivity index (χ4n) is 0.904. The Morgan fingerprint density at radius 1 is 1.27 bits per heavy atom. The van der Waals surface area contributed by atoms with Gasteiger partial charge in [-0.2, -0.15) is 2.94 Å². The number of nitrogens with two attached hydrogens (primary N) is 1. The maximum atomic E-state index is 11.3. The predicted molar refractivity (Wildman–Crippen MR) is 64.0 cm³/mol. The quantitative estimate of drug-likeness (QED) is 0.560. The van der Waals surface area contributed by atoms with E-state index in [0.29, 0.717) is 5.69 Å². The van der Waals surface area contributed by atoms with Gasteiger partial charge in [0.2, 0.25) is 10.0 Å². The summed E-state index contributed by atoms with van der Waals surface area (Å²) in [6.45, 7) is 0. The first-order chi connectivity index (χ1) is 6.95. The molecular formula is C7H8IN3O3S. The second-order valence-electron chi connectivity index (χ2n) is 2.59. The summed E-state index contributed by atoms with van der Waals surface area (Å²) < 4.78 is 24.8. The standard InChI is InChI=1S/C7H8IN3O3S/c8-11-15(13,14)6-3-1-5(2-4-6)10-7(9)12/h1-4,11H,(H3,9,10,12). The van der Waals surface area contributed by atoms with Crippen LogP contribution in [0.3, 0.4) is 0 Å². The summed E-state index contributed by atoms with van der Waals surface area (Å²) in [6.07, 6.45) is 0. The minimum absolute atomic E-state index is 0.118. The van der Waals surface area contributed by atoms with E-state index in [1.54, 1.807) is 0 Å². The van der Waals surface area contributed by atoms with Gasteiger partial charge in [0.25, 0.3) is 0 Å². The number of halogens is 1. The zero-order chi connectivity index (χ0) is 11.5. The highest BCUT2D eigenvalue weighted by Crippen LogP contribution is 2.14. The van der Waals surface area contributed by atoms with Crippen LogP contribution in [0, 0.1) is 0 Å². The molecule has 6 nitrogen and oxygen atoms in total. The number of primary amides is 1. The molecule has 0 heterocycles. The lowest BCUT2D eigenvalue weighted by molar-refractivity contribution is 0.259. The lowest BCUT2D eigenvalue weighted by atomic mass is 10.3. The van der Waals surface area contributed by atoms with Crippen LogP contribution in [-0.2, 0) is 10.0 Å². The van der Waals surface area contributed by atoms with Crippen LogP contribution in [0.15, 0.2) is 29.2 Å². The van der Waals surface area contributed by atoms with Gasteiger partial charge in [-0.25, -0.2) is 13.2 Å². The number of benzene rings is 1. The predicted octanol–water partition coefficient (Wildman–Crippen LogP) is 0.806. The molecule has 0 bridgehead atoms. The topological polar surface area (TPSA) is 101 Å². The second kappa shape index (κ2) is 4.77. The van der Waals surface area contributed by atoms with Gasteiger partial charge in [-0.15, -0.1) is 0 Å². The number of carbonyl (C=O) groups excluding carboxylic acids is 1. The van der Waals surface area contributed by atoms with E-state index in [1.165, 1.54) is 47.1 Å². The Kier molecular flexibility index (Phi) is 3.88. The van der Waals surface area contributed by atoms with E-state index < -0.39 is 16.1 Å². The zero-order valence-electron chi connectivity index (χ0n) is 7.40. The highest BCUT2D eigenvalue weighted by Gasteiger charge is 2.11. The molecule has 1 aromatic rings. The van der Waals surface area contributed by atoms with Crippen LogP contribution in [0.4, 0.5) is 10.5 Å². The molecule has 0 aliphatic heterocycles. The molecular weight excluding hydrogens is 333 g/mol. The van der Waals surface area contributed by atoms with Gasteiger partial charge < -0.3 is 11.1 Å². The number of urea groups is 1. The monoisotopic (exact) mass is 341 g/mol. The van der Waals surface area contributed by atoms with Gasteiger partial charge >= 0.3 is 6.03 Å². The molecule has 15 heavy (non-hydrogen) atoms. The highest BCUT2D eigenvalue weighted by atomic mass is 127. The minimum atomic E-state index is -3.45. The first-order valence-electron chi connectivity index (χ1n) is 3.74. The zero-order valence-corrected chi connectivity index (χ0v) is 10.4. The molecule has 1 aromatic carbocycles. The normalized spacial score (nSPS) is 11.0. The Morgan fingerprint density at radius 2 is 1.80 bits per heavy atom. The lowest BCUT2D eigenvalue weighted by Crippen LogP contribution is -2.19. The summed E-state index contributed by atoms with van der Waals surface area (Å²) in [5, 5.41) is 2.32. The molecule has 0 fully saturated rings. The van der Waals surface area contributed by atoms with Crippen LogP contribution >= 0.6 is 22.9 Å². The SMILES string of the molecule is NC(=O)Nc1ccc(S(=O)(=O)NI)cc1. The Labute approximate surface area is 101 Å². The Hall–Kier alpha value is -0.870. The van der Waals surface area contributed by atoms with Crippen molar-refractivity contribution in [3.63, 3.8) is 0 Å². The largest absolute Gasteiger partial charge is 0.351 e. The summed E-state index contributed by atoms with van der Waals surface area (Å²) >= 11 is 1.53. The molecule has 0 atom stereocenters. The molecule has 0 aliphatic carbocycles. The van der Waals surface area contributed by atoms with Crippen LogP contribution in [0.1, 0.15) is 0 Å².